The highest BCUT2D eigenvalue weighted by Gasteiger charge is 2.42. The van der Waals surface area contributed by atoms with E-state index in [0.29, 0.717) is 0 Å². The zero-order chi connectivity index (χ0) is 11.4. The van der Waals surface area contributed by atoms with E-state index in [9.17, 15) is 22.4 Å². The van der Waals surface area contributed by atoms with Crippen LogP contribution in [-0.4, -0.2) is 30.7 Å². The molecule has 0 aromatic rings. The fraction of sp³-hybridized carbons (Fsp3) is 0.857. The zero-order valence-corrected chi connectivity index (χ0v) is 8.24. The summed E-state index contributed by atoms with van der Waals surface area (Å²) in [7, 11) is 0. The van der Waals surface area contributed by atoms with Gasteiger partial charge in [0, 0.05) is 5.75 Å². The number of thiol groups is 1. The standard InChI is InChI=1S/C7H10F4O2S/c1-4(2-14)5(12)13-3-7(10,11)6(8)9/h4,6,14H,2-3H2,1H3. The zero-order valence-electron chi connectivity index (χ0n) is 7.34. The van der Waals surface area contributed by atoms with Crippen molar-refractivity contribution in [2.45, 2.75) is 19.3 Å². The van der Waals surface area contributed by atoms with Crippen LogP contribution in [0.4, 0.5) is 17.6 Å². The third-order valence-electron chi connectivity index (χ3n) is 1.40. The Labute approximate surface area is 84.0 Å². The highest BCUT2D eigenvalue weighted by atomic mass is 32.1. The minimum absolute atomic E-state index is 0.110. The number of ether oxygens (including phenoxy) is 1. The summed E-state index contributed by atoms with van der Waals surface area (Å²) in [4.78, 5) is 10.8. The van der Waals surface area contributed by atoms with Crippen LogP contribution >= 0.6 is 12.6 Å². The van der Waals surface area contributed by atoms with Crippen LogP contribution in [-0.2, 0) is 9.53 Å². The van der Waals surface area contributed by atoms with Gasteiger partial charge in [0.25, 0.3) is 0 Å². The number of halogens is 4. The Morgan fingerprint density at radius 2 is 2.00 bits per heavy atom. The van der Waals surface area contributed by atoms with Crippen molar-refractivity contribution in [2.75, 3.05) is 12.4 Å². The first-order valence-corrected chi connectivity index (χ1v) is 4.38. The molecule has 0 amide bonds. The molecule has 0 aliphatic rings. The molecule has 0 rings (SSSR count). The molecule has 0 saturated carbocycles. The Bertz CT molecular complexity index is 198. The molecule has 0 saturated heterocycles. The second-order valence-electron chi connectivity index (χ2n) is 2.75. The van der Waals surface area contributed by atoms with Gasteiger partial charge in [-0.15, -0.1) is 0 Å². The van der Waals surface area contributed by atoms with Crippen molar-refractivity contribution in [2.24, 2.45) is 5.92 Å². The Morgan fingerprint density at radius 3 is 2.36 bits per heavy atom. The number of alkyl halides is 4. The van der Waals surface area contributed by atoms with Crippen LogP contribution in [0.15, 0.2) is 0 Å². The summed E-state index contributed by atoms with van der Waals surface area (Å²) < 4.78 is 51.6. The van der Waals surface area contributed by atoms with E-state index in [4.69, 9.17) is 0 Å². The average molecular weight is 234 g/mol. The van der Waals surface area contributed by atoms with E-state index in [0.717, 1.165) is 0 Å². The molecule has 0 N–H and O–H groups in total. The maximum Gasteiger partial charge on any atom is 0.340 e. The molecular weight excluding hydrogens is 224 g/mol. The molecule has 0 aromatic heterocycles. The van der Waals surface area contributed by atoms with Gasteiger partial charge in [0.15, 0.2) is 6.61 Å². The molecule has 2 nitrogen and oxygen atoms in total. The third kappa shape index (κ3) is 4.17. The summed E-state index contributed by atoms with van der Waals surface area (Å²) >= 11 is 3.72. The van der Waals surface area contributed by atoms with Crippen molar-refractivity contribution in [3.05, 3.63) is 0 Å². The Morgan fingerprint density at radius 1 is 1.50 bits per heavy atom. The van der Waals surface area contributed by atoms with E-state index in [-0.39, 0.29) is 5.75 Å². The van der Waals surface area contributed by atoms with Gasteiger partial charge in [-0.3, -0.25) is 4.79 Å². The van der Waals surface area contributed by atoms with Crippen LogP contribution in [0, 0.1) is 5.92 Å². The molecule has 0 radical (unpaired) electrons. The third-order valence-corrected chi connectivity index (χ3v) is 1.95. The van der Waals surface area contributed by atoms with Gasteiger partial charge in [-0.2, -0.15) is 21.4 Å². The SMILES string of the molecule is CC(CS)C(=O)OCC(F)(F)C(F)F. The van der Waals surface area contributed by atoms with Crippen molar-refractivity contribution in [3.8, 4) is 0 Å². The van der Waals surface area contributed by atoms with Gasteiger partial charge in [-0.05, 0) is 0 Å². The lowest BCUT2D eigenvalue weighted by atomic mass is 10.2. The van der Waals surface area contributed by atoms with Crippen LogP contribution in [0.5, 0.6) is 0 Å². The van der Waals surface area contributed by atoms with Crippen molar-refractivity contribution in [1.82, 2.24) is 0 Å². The Balaban J connectivity index is 4.00. The summed E-state index contributed by atoms with van der Waals surface area (Å²) in [6, 6.07) is 0. The normalized spacial score (nSPS) is 14.2. The van der Waals surface area contributed by atoms with Gasteiger partial charge >= 0.3 is 18.3 Å². The van der Waals surface area contributed by atoms with Crippen LogP contribution in [0.25, 0.3) is 0 Å². The number of esters is 1. The predicted molar refractivity (Wildman–Crippen MR) is 44.9 cm³/mol. The molecule has 0 aliphatic heterocycles. The Kier molecular flexibility index (Phi) is 5.25. The van der Waals surface area contributed by atoms with Gasteiger partial charge < -0.3 is 4.74 Å². The van der Waals surface area contributed by atoms with E-state index < -0.39 is 30.8 Å². The van der Waals surface area contributed by atoms with Crippen molar-refractivity contribution in [3.63, 3.8) is 0 Å². The van der Waals surface area contributed by atoms with Gasteiger partial charge in [0.1, 0.15) is 0 Å². The van der Waals surface area contributed by atoms with Crippen LogP contribution in [0.3, 0.4) is 0 Å². The molecular formula is C7H10F4O2S. The van der Waals surface area contributed by atoms with E-state index in [2.05, 4.69) is 17.4 Å². The highest BCUT2D eigenvalue weighted by Crippen LogP contribution is 2.23. The lowest BCUT2D eigenvalue weighted by Gasteiger charge is -2.16. The van der Waals surface area contributed by atoms with Crippen molar-refractivity contribution < 1.29 is 27.1 Å². The number of carbonyl (C=O) groups excluding carboxylic acids is 1. The van der Waals surface area contributed by atoms with E-state index in [1.54, 1.807) is 0 Å². The summed E-state index contributed by atoms with van der Waals surface area (Å²) in [5.74, 6) is -5.82. The van der Waals surface area contributed by atoms with E-state index >= 15 is 0 Å². The molecule has 0 fully saturated rings. The second-order valence-corrected chi connectivity index (χ2v) is 3.12. The van der Waals surface area contributed by atoms with Gasteiger partial charge in [0.2, 0.25) is 0 Å². The smallest absolute Gasteiger partial charge is 0.340 e. The lowest BCUT2D eigenvalue weighted by Crippen LogP contribution is -2.34. The molecule has 0 aromatic carbocycles. The first kappa shape index (κ1) is 13.5. The molecule has 0 bridgehead atoms. The predicted octanol–water partition coefficient (Wildman–Crippen LogP) is 2.00. The van der Waals surface area contributed by atoms with E-state index in [1.165, 1.54) is 6.92 Å². The molecule has 84 valence electrons. The average Bonchev–Trinajstić information content (AvgIpc) is 2.12. The lowest BCUT2D eigenvalue weighted by molar-refractivity contribution is -0.181. The molecule has 1 unspecified atom stereocenters. The number of rotatable bonds is 5. The molecule has 7 heteroatoms. The Hall–Kier alpha value is -0.460. The summed E-state index contributed by atoms with van der Waals surface area (Å²) in [5, 5.41) is 0. The van der Waals surface area contributed by atoms with Gasteiger partial charge in [-0.1, -0.05) is 6.92 Å². The molecule has 0 aliphatic carbocycles. The van der Waals surface area contributed by atoms with Crippen LogP contribution in [0.1, 0.15) is 6.92 Å². The number of carbonyl (C=O) groups is 1. The van der Waals surface area contributed by atoms with Gasteiger partial charge in [0.05, 0.1) is 5.92 Å². The van der Waals surface area contributed by atoms with Gasteiger partial charge in [-0.25, -0.2) is 8.78 Å². The topological polar surface area (TPSA) is 26.3 Å². The van der Waals surface area contributed by atoms with Crippen molar-refractivity contribution in [1.29, 1.82) is 0 Å². The largest absolute Gasteiger partial charge is 0.459 e. The molecule has 14 heavy (non-hydrogen) atoms. The summed E-state index contributed by atoms with van der Waals surface area (Å²) in [6.45, 7) is -0.197. The summed E-state index contributed by atoms with van der Waals surface area (Å²) in [5.41, 5.74) is 0. The first-order valence-electron chi connectivity index (χ1n) is 3.74. The maximum absolute atomic E-state index is 12.2. The molecule has 0 heterocycles. The quantitative estimate of drug-likeness (QED) is 0.447. The first-order chi connectivity index (χ1) is 6.31. The number of hydrogen-bond acceptors (Lipinski definition) is 3. The fourth-order valence-corrected chi connectivity index (χ4v) is 0.596. The minimum Gasteiger partial charge on any atom is -0.459 e. The summed E-state index contributed by atoms with van der Waals surface area (Å²) in [6.07, 6.45) is -3.83. The van der Waals surface area contributed by atoms with Crippen LogP contribution < -0.4 is 0 Å². The number of hydrogen-bond donors (Lipinski definition) is 1. The fourth-order valence-electron chi connectivity index (χ4n) is 0.447. The van der Waals surface area contributed by atoms with E-state index in [1.807, 2.05) is 0 Å². The monoisotopic (exact) mass is 234 g/mol. The minimum atomic E-state index is -4.29. The molecule has 1 atom stereocenters. The van der Waals surface area contributed by atoms with Crippen LogP contribution in [0.2, 0.25) is 0 Å². The second kappa shape index (κ2) is 5.43. The maximum atomic E-state index is 12.2. The highest BCUT2D eigenvalue weighted by molar-refractivity contribution is 7.80. The molecule has 0 spiro atoms. The van der Waals surface area contributed by atoms with Crippen molar-refractivity contribution >= 4 is 18.6 Å².